The highest BCUT2D eigenvalue weighted by molar-refractivity contribution is 9.10. The number of anilines is 2. The highest BCUT2D eigenvalue weighted by Crippen LogP contribution is 2.27. The summed E-state index contributed by atoms with van der Waals surface area (Å²) in [6.45, 7) is 3.53. The number of nitrogens with zero attached hydrogens (tertiary/aromatic N) is 1. The summed E-state index contributed by atoms with van der Waals surface area (Å²) in [7, 11) is 0. The standard InChI is InChI=1S/C21H20BrFN2O4/c1-12-7-16(8-13(2)20(12)22)24-18(26)11-29-21(28)14-9-19(27)25(10-14)17-5-3-15(23)4-6-17/h3-8,14H,9-11H2,1-2H3,(H,24,26)/t14-/m0/s1. The Morgan fingerprint density at radius 3 is 2.45 bits per heavy atom. The van der Waals surface area contributed by atoms with Gasteiger partial charge in [0.15, 0.2) is 6.61 Å². The Hall–Kier alpha value is -2.74. The Morgan fingerprint density at radius 2 is 1.83 bits per heavy atom. The molecule has 1 heterocycles. The second-order valence-corrected chi connectivity index (χ2v) is 7.75. The van der Waals surface area contributed by atoms with Crippen molar-refractivity contribution in [3.05, 3.63) is 57.8 Å². The molecule has 0 unspecified atom stereocenters. The SMILES string of the molecule is Cc1cc(NC(=O)COC(=O)[C@H]2CC(=O)N(c3ccc(F)cc3)C2)cc(C)c1Br. The molecule has 2 amide bonds. The molecule has 1 saturated heterocycles. The van der Waals surface area contributed by atoms with E-state index >= 15 is 0 Å². The minimum atomic E-state index is -0.669. The number of carbonyl (C=O) groups is 3. The van der Waals surface area contributed by atoms with Crippen LogP contribution in [-0.2, 0) is 19.1 Å². The Kier molecular flexibility index (Phi) is 6.32. The van der Waals surface area contributed by atoms with Crippen molar-refractivity contribution in [2.75, 3.05) is 23.4 Å². The predicted molar refractivity (Wildman–Crippen MR) is 110 cm³/mol. The van der Waals surface area contributed by atoms with Crippen molar-refractivity contribution in [1.29, 1.82) is 0 Å². The van der Waals surface area contributed by atoms with E-state index in [1.807, 2.05) is 26.0 Å². The Balaban J connectivity index is 1.53. The molecule has 2 aromatic rings. The van der Waals surface area contributed by atoms with E-state index in [-0.39, 0.29) is 18.9 Å². The maximum absolute atomic E-state index is 13.1. The molecule has 1 aliphatic rings. The van der Waals surface area contributed by atoms with Crippen LogP contribution in [0, 0.1) is 25.6 Å². The number of rotatable bonds is 5. The molecule has 1 atom stereocenters. The highest BCUT2D eigenvalue weighted by atomic mass is 79.9. The molecule has 1 fully saturated rings. The lowest BCUT2D eigenvalue weighted by Gasteiger charge is -2.16. The maximum Gasteiger partial charge on any atom is 0.311 e. The molecule has 152 valence electrons. The molecule has 1 aliphatic heterocycles. The van der Waals surface area contributed by atoms with Crippen LogP contribution in [0.25, 0.3) is 0 Å². The first-order valence-electron chi connectivity index (χ1n) is 9.03. The van der Waals surface area contributed by atoms with Crippen LogP contribution < -0.4 is 10.2 Å². The van der Waals surface area contributed by atoms with Crippen molar-refractivity contribution in [3.63, 3.8) is 0 Å². The molecule has 0 aromatic heterocycles. The predicted octanol–water partition coefficient (Wildman–Crippen LogP) is 3.74. The topological polar surface area (TPSA) is 75.7 Å². The van der Waals surface area contributed by atoms with E-state index in [0.29, 0.717) is 11.4 Å². The summed E-state index contributed by atoms with van der Waals surface area (Å²) in [4.78, 5) is 38.0. The van der Waals surface area contributed by atoms with E-state index in [1.165, 1.54) is 29.2 Å². The first-order chi connectivity index (χ1) is 13.7. The van der Waals surface area contributed by atoms with E-state index in [0.717, 1.165) is 15.6 Å². The number of benzene rings is 2. The minimum Gasteiger partial charge on any atom is -0.455 e. The molecule has 29 heavy (non-hydrogen) atoms. The maximum atomic E-state index is 13.1. The molecule has 0 bridgehead atoms. The van der Waals surface area contributed by atoms with Crippen molar-refractivity contribution in [2.45, 2.75) is 20.3 Å². The van der Waals surface area contributed by atoms with Gasteiger partial charge in [-0.15, -0.1) is 0 Å². The van der Waals surface area contributed by atoms with Crippen LogP contribution in [0.1, 0.15) is 17.5 Å². The van der Waals surface area contributed by atoms with Crippen LogP contribution in [-0.4, -0.2) is 30.9 Å². The number of aryl methyl sites for hydroxylation is 2. The number of hydrogen-bond acceptors (Lipinski definition) is 4. The second-order valence-electron chi connectivity index (χ2n) is 6.96. The number of hydrogen-bond donors (Lipinski definition) is 1. The van der Waals surface area contributed by atoms with Gasteiger partial charge in [-0.05, 0) is 61.4 Å². The zero-order valence-electron chi connectivity index (χ0n) is 16.0. The van der Waals surface area contributed by atoms with Gasteiger partial charge in [0.05, 0.1) is 5.92 Å². The zero-order valence-corrected chi connectivity index (χ0v) is 17.6. The van der Waals surface area contributed by atoms with Gasteiger partial charge < -0.3 is 15.0 Å². The Bertz CT molecular complexity index is 939. The summed E-state index contributed by atoms with van der Waals surface area (Å²) in [5.41, 5.74) is 3.08. The fraction of sp³-hybridized carbons (Fsp3) is 0.286. The summed E-state index contributed by atoms with van der Waals surface area (Å²) in [6.07, 6.45) is -0.0110. The van der Waals surface area contributed by atoms with Crippen molar-refractivity contribution in [2.24, 2.45) is 5.92 Å². The molecule has 0 radical (unpaired) electrons. The van der Waals surface area contributed by atoms with Crippen LogP contribution in [0.5, 0.6) is 0 Å². The third-order valence-corrected chi connectivity index (χ3v) is 5.91. The summed E-state index contributed by atoms with van der Waals surface area (Å²) >= 11 is 3.46. The van der Waals surface area contributed by atoms with Crippen LogP contribution in [0.2, 0.25) is 0 Å². The quantitative estimate of drug-likeness (QED) is 0.686. The first-order valence-corrected chi connectivity index (χ1v) is 9.83. The molecule has 6 nitrogen and oxygen atoms in total. The number of carbonyl (C=O) groups excluding carboxylic acids is 3. The average molecular weight is 463 g/mol. The lowest BCUT2D eigenvalue weighted by molar-refractivity contribution is -0.151. The minimum absolute atomic E-state index is 0.0110. The molecule has 0 aliphatic carbocycles. The number of halogens is 2. The van der Waals surface area contributed by atoms with E-state index in [9.17, 15) is 18.8 Å². The zero-order chi connectivity index (χ0) is 21.1. The molecule has 0 saturated carbocycles. The fourth-order valence-corrected chi connectivity index (χ4v) is 3.43. The highest BCUT2D eigenvalue weighted by Gasteiger charge is 2.36. The smallest absolute Gasteiger partial charge is 0.311 e. The Labute approximate surface area is 176 Å². The van der Waals surface area contributed by atoms with Gasteiger partial charge in [0.1, 0.15) is 5.82 Å². The first kappa shape index (κ1) is 21.0. The molecule has 2 aromatic carbocycles. The van der Waals surface area contributed by atoms with Crippen molar-refractivity contribution < 1.29 is 23.5 Å². The summed E-state index contributed by atoms with van der Waals surface area (Å²) in [5, 5.41) is 2.70. The van der Waals surface area contributed by atoms with Crippen LogP contribution >= 0.6 is 15.9 Å². The van der Waals surface area contributed by atoms with E-state index < -0.39 is 30.2 Å². The van der Waals surface area contributed by atoms with E-state index in [2.05, 4.69) is 21.2 Å². The van der Waals surface area contributed by atoms with Crippen molar-refractivity contribution in [3.8, 4) is 0 Å². The summed E-state index contributed by atoms with van der Waals surface area (Å²) in [6, 6.07) is 9.10. The van der Waals surface area contributed by atoms with Crippen molar-refractivity contribution >= 4 is 45.1 Å². The van der Waals surface area contributed by atoms with Gasteiger partial charge in [-0.3, -0.25) is 14.4 Å². The monoisotopic (exact) mass is 462 g/mol. The normalized spacial score (nSPS) is 16.1. The van der Waals surface area contributed by atoms with Crippen LogP contribution in [0.15, 0.2) is 40.9 Å². The summed E-state index contributed by atoms with van der Waals surface area (Å²) < 4.78 is 19.1. The second kappa shape index (κ2) is 8.73. The fourth-order valence-electron chi connectivity index (χ4n) is 3.21. The van der Waals surface area contributed by atoms with Gasteiger partial charge >= 0.3 is 5.97 Å². The molecular weight excluding hydrogens is 443 g/mol. The van der Waals surface area contributed by atoms with Gasteiger partial charge in [-0.2, -0.15) is 0 Å². The van der Waals surface area contributed by atoms with Gasteiger partial charge in [-0.1, -0.05) is 15.9 Å². The number of esters is 1. The van der Waals surface area contributed by atoms with Gasteiger partial charge in [0, 0.05) is 28.8 Å². The Morgan fingerprint density at radius 1 is 1.21 bits per heavy atom. The lowest BCUT2D eigenvalue weighted by Crippen LogP contribution is -2.28. The third-order valence-electron chi connectivity index (χ3n) is 4.66. The van der Waals surface area contributed by atoms with Gasteiger partial charge in [0.25, 0.3) is 5.91 Å². The summed E-state index contributed by atoms with van der Waals surface area (Å²) in [5.74, 6) is -2.39. The average Bonchev–Trinajstić information content (AvgIpc) is 3.06. The van der Waals surface area contributed by atoms with E-state index in [4.69, 9.17) is 4.74 Å². The lowest BCUT2D eigenvalue weighted by atomic mass is 10.1. The van der Waals surface area contributed by atoms with Crippen molar-refractivity contribution in [1.82, 2.24) is 0 Å². The number of amides is 2. The molecule has 1 N–H and O–H groups in total. The number of ether oxygens (including phenoxy) is 1. The van der Waals surface area contributed by atoms with Crippen LogP contribution in [0.4, 0.5) is 15.8 Å². The van der Waals surface area contributed by atoms with Gasteiger partial charge in [0.2, 0.25) is 5.91 Å². The molecular formula is C21H20BrFN2O4. The van der Waals surface area contributed by atoms with Gasteiger partial charge in [-0.25, -0.2) is 4.39 Å². The molecule has 8 heteroatoms. The van der Waals surface area contributed by atoms with E-state index in [1.54, 1.807) is 0 Å². The number of nitrogens with one attached hydrogen (secondary N) is 1. The third kappa shape index (κ3) is 5.00. The molecule has 3 rings (SSSR count). The van der Waals surface area contributed by atoms with Crippen LogP contribution in [0.3, 0.4) is 0 Å². The largest absolute Gasteiger partial charge is 0.455 e. The molecule has 0 spiro atoms.